The fraction of sp³-hybridized carbons (Fsp3) is 0.240. The van der Waals surface area contributed by atoms with Crippen molar-refractivity contribution in [2.75, 3.05) is 6.61 Å². The number of nitrogens with zero attached hydrogens (tertiary/aromatic N) is 4. The van der Waals surface area contributed by atoms with Gasteiger partial charge in [-0.15, -0.1) is 11.3 Å². The van der Waals surface area contributed by atoms with Gasteiger partial charge >= 0.3 is 5.97 Å². The maximum absolute atomic E-state index is 12.5. The molecule has 0 atom stereocenters. The largest absolute Gasteiger partial charge is 0.451 e. The van der Waals surface area contributed by atoms with Crippen molar-refractivity contribution in [3.63, 3.8) is 0 Å². The zero-order chi connectivity index (χ0) is 24.1. The van der Waals surface area contributed by atoms with E-state index in [1.807, 2.05) is 54.9 Å². The van der Waals surface area contributed by atoms with E-state index < -0.39 is 5.97 Å². The first-order valence-electron chi connectivity index (χ1n) is 10.8. The second-order valence-corrected chi connectivity index (χ2v) is 8.79. The Kier molecular flexibility index (Phi) is 7.12. The standard InChI is InChI=1S/C25H25N5O3S/c1-16-20(18(3)30(29-16)14-19-9-5-4-6-10-19)13-27-22(31)15-33-25(32)23-17(2)28-24(34-23)21-11-7-8-12-26-21/h4-12H,13-15H2,1-3H3,(H,27,31). The number of carbonyl (C=O) groups excluding carboxylic acids is 2. The summed E-state index contributed by atoms with van der Waals surface area (Å²) in [6, 6.07) is 15.6. The number of hydrogen-bond acceptors (Lipinski definition) is 7. The molecule has 0 aliphatic heterocycles. The Bertz CT molecular complexity index is 1300. The van der Waals surface area contributed by atoms with E-state index >= 15 is 0 Å². The molecule has 3 aromatic heterocycles. The molecule has 8 nitrogen and oxygen atoms in total. The molecule has 9 heteroatoms. The average molecular weight is 476 g/mol. The molecule has 3 heterocycles. The number of aryl methyl sites for hydroxylation is 2. The van der Waals surface area contributed by atoms with Crippen molar-refractivity contribution in [3.05, 3.63) is 87.8 Å². The molecule has 174 valence electrons. The third-order valence-corrected chi connectivity index (χ3v) is 6.53. The molecule has 0 aliphatic carbocycles. The quantitative estimate of drug-likeness (QED) is 0.389. The highest BCUT2D eigenvalue weighted by Crippen LogP contribution is 2.26. The van der Waals surface area contributed by atoms with Gasteiger partial charge < -0.3 is 10.1 Å². The smallest absolute Gasteiger partial charge is 0.350 e. The Morgan fingerprint density at radius 3 is 2.53 bits per heavy atom. The van der Waals surface area contributed by atoms with Crippen LogP contribution >= 0.6 is 11.3 Å². The number of amides is 1. The van der Waals surface area contributed by atoms with E-state index in [1.165, 1.54) is 11.3 Å². The van der Waals surface area contributed by atoms with Crippen LogP contribution in [0, 0.1) is 20.8 Å². The second kappa shape index (κ2) is 10.4. The molecule has 0 saturated heterocycles. The number of carbonyl (C=O) groups is 2. The summed E-state index contributed by atoms with van der Waals surface area (Å²) in [5.41, 5.74) is 5.18. The summed E-state index contributed by atoms with van der Waals surface area (Å²) < 4.78 is 7.16. The first-order chi connectivity index (χ1) is 16.4. The van der Waals surface area contributed by atoms with Crippen molar-refractivity contribution in [1.82, 2.24) is 25.1 Å². The molecule has 0 spiro atoms. The molecule has 0 radical (unpaired) electrons. The van der Waals surface area contributed by atoms with Crippen LogP contribution in [0.15, 0.2) is 54.7 Å². The molecule has 0 unspecified atom stereocenters. The van der Waals surface area contributed by atoms with Crippen LogP contribution in [-0.4, -0.2) is 38.2 Å². The van der Waals surface area contributed by atoms with Crippen molar-refractivity contribution in [1.29, 1.82) is 0 Å². The van der Waals surface area contributed by atoms with Gasteiger partial charge in [-0.05, 0) is 38.5 Å². The third kappa shape index (κ3) is 5.37. The van der Waals surface area contributed by atoms with E-state index in [4.69, 9.17) is 4.74 Å². The maximum atomic E-state index is 12.5. The van der Waals surface area contributed by atoms with Crippen LogP contribution < -0.4 is 5.32 Å². The van der Waals surface area contributed by atoms with Crippen LogP contribution in [0.3, 0.4) is 0 Å². The Labute approximate surface area is 201 Å². The highest BCUT2D eigenvalue weighted by atomic mass is 32.1. The van der Waals surface area contributed by atoms with Gasteiger partial charge in [0.25, 0.3) is 5.91 Å². The summed E-state index contributed by atoms with van der Waals surface area (Å²) >= 11 is 1.20. The van der Waals surface area contributed by atoms with Crippen LogP contribution in [0.1, 0.15) is 37.9 Å². The normalized spacial score (nSPS) is 10.8. The van der Waals surface area contributed by atoms with E-state index in [0.29, 0.717) is 34.4 Å². The first kappa shape index (κ1) is 23.3. The van der Waals surface area contributed by atoms with E-state index in [1.54, 1.807) is 13.1 Å². The SMILES string of the molecule is Cc1nc(-c2ccccn2)sc1C(=O)OCC(=O)NCc1c(C)nn(Cc2ccccc2)c1C. The molecule has 0 bridgehead atoms. The number of nitrogens with one attached hydrogen (secondary N) is 1. The summed E-state index contributed by atoms with van der Waals surface area (Å²) in [7, 11) is 0. The number of hydrogen-bond donors (Lipinski definition) is 1. The number of benzene rings is 1. The molecule has 1 N–H and O–H groups in total. The lowest BCUT2D eigenvalue weighted by atomic mass is 10.2. The van der Waals surface area contributed by atoms with E-state index in [9.17, 15) is 9.59 Å². The predicted octanol–water partition coefficient (Wildman–Crippen LogP) is 3.85. The lowest BCUT2D eigenvalue weighted by molar-refractivity contribution is -0.124. The molecule has 1 amide bonds. The van der Waals surface area contributed by atoms with Gasteiger partial charge in [0.15, 0.2) is 6.61 Å². The van der Waals surface area contributed by atoms with Gasteiger partial charge in [0, 0.05) is 24.0 Å². The molecule has 0 aliphatic rings. The number of aromatic nitrogens is 4. The van der Waals surface area contributed by atoms with Crippen LogP contribution in [0.2, 0.25) is 0 Å². The summed E-state index contributed by atoms with van der Waals surface area (Å²) in [5.74, 6) is -0.953. The summed E-state index contributed by atoms with van der Waals surface area (Å²) in [4.78, 5) is 33.9. The van der Waals surface area contributed by atoms with E-state index in [2.05, 4.69) is 32.5 Å². The topological polar surface area (TPSA) is 99.0 Å². The van der Waals surface area contributed by atoms with Crippen molar-refractivity contribution in [2.45, 2.75) is 33.9 Å². The van der Waals surface area contributed by atoms with Gasteiger partial charge in [-0.2, -0.15) is 5.10 Å². The van der Waals surface area contributed by atoms with Crippen LogP contribution in [0.4, 0.5) is 0 Å². The Morgan fingerprint density at radius 2 is 1.79 bits per heavy atom. The van der Waals surface area contributed by atoms with Gasteiger partial charge in [-0.25, -0.2) is 9.78 Å². The molecular weight excluding hydrogens is 450 g/mol. The van der Waals surface area contributed by atoms with Crippen molar-refractivity contribution in [2.24, 2.45) is 0 Å². The number of thiazole rings is 1. The average Bonchev–Trinajstić information content (AvgIpc) is 3.36. The Balaban J connectivity index is 1.32. The molecule has 4 rings (SSSR count). The molecular formula is C25H25N5O3S. The van der Waals surface area contributed by atoms with Crippen LogP contribution in [-0.2, 0) is 22.6 Å². The van der Waals surface area contributed by atoms with Crippen molar-refractivity contribution in [3.8, 4) is 10.7 Å². The van der Waals surface area contributed by atoms with E-state index in [0.717, 1.165) is 22.5 Å². The van der Waals surface area contributed by atoms with Crippen molar-refractivity contribution < 1.29 is 14.3 Å². The third-order valence-electron chi connectivity index (χ3n) is 5.37. The first-order valence-corrected chi connectivity index (χ1v) is 11.6. The van der Waals surface area contributed by atoms with Crippen LogP contribution in [0.25, 0.3) is 10.7 Å². The summed E-state index contributed by atoms with van der Waals surface area (Å²) in [6.45, 7) is 6.24. The Morgan fingerprint density at radius 1 is 1.03 bits per heavy atom. The lowest BCUT2D eigenvalue weighted by Gasteiger charge is -2.08. The van der Waals surface area contributed by atoms with E-state index in [-0.39, 0.29) is 12.5 Å². The Hall–Kier alpha value is -3.85. The number of rotatable bonds is 8. The number of pyridine rings is 1. The van der Waals surface area contributed by atoms with Gasteiger partial charge in [0.2, 0.25) is 0 Å². The predicted molar refractivity (Wildman–Crippen MR) is 129 cm³/mol. The zero-order valence-electron chi connectivity index (χ0n) is 19.2. The highest BCUT2D eigenvalue weighted by Gasteiger charge is 2.19. The monoisotopic (exact) mass is 475 g/mol. The van der Waals surface area contributed by atoms with Gasteiger partial charge in [-0.3, -0.25) is 14.5 Å². The summed E-state index contributed by atoms with van der Waals surface area (Å²) in [6.07, 6.45) is 1.67. The zero-order valence-corrected chi connectivity index (χ0v) is 20.1. The molecule has 4 aromatic rings. The minimum absolute atomic E-state index is 0.312. The fourth-order valence-electron chi connectivity index (χ4n) is 3.52. The maximum Gasteiger partial charge on any atom is 0.350 e. The van der Waals surface area contributed by atoms with Crippen LogP contribution in [0.5, 0.6) is 0 Å². The molecule has 0 fully saturated rings. The highest BCUT2D eigenvalue weighted by molar-refractivity contribution is 7.17. The van der Waals surface area contributed by atoms with Gasteiger partial charge in [0.1, 0.15) is 9.88 Å². The lowest BCUT2D eigenvalue weighted by Crippen LogP contribution is -2.28. The molecule has 1 aromatic carbocycles. The molecule has 0 saturated carbocycles. The fourth-order valence-corrected chi connectivity index (χ4v) is 4.46. The van der Waals surface area contributed by atoms with Gasteiger partial charge in [-0.1, -0.05) is 36.4 Å². The van der Waals surface area contributed by atoms with Gasteiger partial charge in [0.05, 0.1) is 23.6 Å². The second-order valence-electron chi connectivity index (χ2n) is 7.79. The number of esters is 1. The van der Waals surface area contributed by atoms with Crippen molar-refractivity contribution >= 4 is 23.2 Å². The molecule has 34 heavy (non-hydrogen) atoms. The minimum Gasteiger partial charge on any atom is -0.451 e. The number of ether oxygens (including phenoxy) is 1. The summed E-state index contributed by atoms with van der Waals surface area (Å²) in [5, 5.41) is 8.05. The minimum atomic E-state index is -0.574.